The van der Waals surface area contributed by atoms with Crippen molar-refractivity contribution in [2.75, 3.05) is 32.7 Å². The number of hydrogen-bond donors (Lipinski definition) is 0. The summed E-state index contributed by atoms with van der Waals surface area (Å²) in [7, 11) is -3.31. The number of aryl methyl sites for hydroxylation is 2. The molecule has 2 bridgehead atoms. The molecule has 4 fully saturated rings. The lowest BCUT2D eigenvalue weighted by Crippen LogP contribution is -2.52. The lowest BCUT2D eigenvalue weighted by Gasteiger charge is -2.37. The number of nitrogens with zero attached hydrogens (tertiary/aromatic N) is 4. The molecule has 4 aliphatic rings. The minimum atomic E-state index is -3.31. The van der Waals surface area contributed by atoms with Crippen molar-refractivity contribution in [2.45, 2.75) is 52.1 Å². The molecule has 0 unspecified atom stereocenters. The molecule has 1 aromatic rings. The topological polar surface area (TPSA) is 69.9 Å². The van der Waals surface area contributed by atoms with Gasteiger partial charge in [-0.3, -0.25) is 4.90 Å². The molecule has 5 heterocycles. The Hall–Kier alpha value is -0.960. The monoisotopic (exact) mass is 368 g/mol. The number of aromatic nitrogens is 1. The van der Waals surface area contributed by atoms with Crippen LogP contribution in [0.4, 0.5) is 0 Å². The number of hydrogen-bond acceptors (Lipinski definition) is 5. The highest BCUT2D eigenvalue weighted by atomic mass is 32.2. The Morgan fingerprint density at radius 1 is 1.12 bits per heavy atom. The minimum absolute atomic E-state index is 0.0878. The molecule has 0 N–H and O–H groups in total. The van der Waals surface area contributed by atoms with Gasteiger partial charge in [-0.25, -0.2) is 0 Å². The predicted octanol–water partition coefficient (Wildman–Crippen LogP) is 1.53. The first kappa shape index (κ1) is 17.5. The van der Waals surface area contributed by atoms with Crippen LogP contribution in [0.2, 0.25) is 0 Å². The van der Waals surface area contributed by atoms with Crippen LogP contribution in [-0.4, -0.2) is 65.9 Å². The van der Waals surface area contributed by atoms with Gasteiger partial charge in [0.05, 0.1) is 5.69 Å². The first-order chi connectivity index (χ1) is 11.9. The van der Waals surface area contributed by atoms with Gasteiger partial charge in [0.2, 0.25) is 0 Å². The van der Waals surface area contributed by atoms with E-state index in [0.717, 1.165) is 62.3 Å². The molecule has 0 radical (unpaired) electrons. The molecule has 0 spiro atoms. The maximum absolute atomic E-state index is 13.1. The van der Waals surface area contributed by atoms with Crippen LogP contribution in [0.3, 0.4) is 0 Å². The first-order valence-electron chi connectivity index (χ1n) is 9.36. The summed E-state index contributed by atoms with van der Waals surface area (Å²) in [6, 6.07) is 0.0878. The molecule has 25 heavy (non-hydrogen) atoms. The fraction of sp³-hybridized carbons (Fsp3) is 0.824. The van der Waals surface area contributed by atoms with Crippen LogP contribution in [0.15, 0.2) is 4.52 Å². The standard InChI is InChI=1S/C17H28N4O3S/c1-13-17(14(2)24-18-13)12-19-9-15-5-6-16(11-19)21(10-15)25(22,23)20-7-3-4-8-20/h15-16H,3-12H2,1-2H3/t15-,16+/m1/s1. The van der Waals surface area contributed by atoms with Gasteiger partial charge in [0.15, 0.2) is 0 Å². The normalized spacial score (nSPS) is 29.4. The molecule has 4 aliphatic heterocycles. The van der Waals surface area contributed by atoms with Gasteiger partial charge in [-0.15, -0.1) is 0 Å². The Kier molecular flexibility index (Phi) is 4.64. The SMILES string of the molecule is Cc1noc(C)c1CN1C[C@H]2CC[C@@H](C1)N(S(=O)(=O)N1CCCC1)C2. The van der Waals surface area contributed by atoms with E-state index < -0.39 is 10.2 Å². The fourth-order valence-electron chi connectivity index (χ4n) is 4.57. The maximum Gasteiger partial charge on any atom is 0.282 e. The van der Waals surface area contributed by atoms with Crippen molar-refractivity contribution in [3.8, 4) is 0 Å². The van der Waals surface area contributed by atoms with Gasteiger partial charge in [-0.05, 0) is 45.4 Å². The zero-order valence-electron chi connectivity index (χ0n) is 15.1. The van der Waals surface area contributed by atoms with Crippen LogP contribution in [0.5, 0.6) is 0 Å². The zero-order chi connectivity index (χ0) is 17.6. The summed E-state index contributed by atoms with van der Waals surface area (Å²) in [5.41, 5.74) is 2.09. The maximum atomic E-state index is 13.1. The van der Waals surface area contributed by atoms with Crippen LogP contribution >= 0.6 is 0 Å². The lowest BCUT2D eigenvalue weighted by atomic mass is 9.97. The summed E-state index contributed by atoms with van der Waals surface area (Å²) in [6.45, 7) is 8.50. The quantitative estimate of drug-likeness (QED) is 0.806. The van der Waals surface area contributed by atoms with Crippen molar-refractivity contribution in [3.05, 3.63) is 17.0 Å². The molecule has 1 aromatic heterocycles. The molecule has 8 heteroatoms. The van der Waals surface area contributed by atoms with Gasteiger partial charge in [0.25, 0.3) is 10.2 Å². The van der Waals surface area contributed by atoms with E-state index >= 15 is 0 Å². The fourth-order valence-corrected chi connectivity index (χ4v) is 6.53. The van der Waals surface area contributed by atoms with E-state index in [4.69, 9.17) is 4.52 Å². The Morgan fingerprint density at radius 3 is 2.56 bits per heavy atom. The third-order valence-corrected chi connectivity index (χ3v) is 8.05. The van der Waals surface area contributed by atoms with Crippen molar-refractivity contribution in [2.24, 2.45) is 5.92 Å². The Morgan fingerprint density at radius 2 is 1.88 bits per heavy atom. The third kappa shape index (κ3) is 3.25. The average molecular weight is 369 g/mol. The van der Waals surface area contributed by atoms with Crippen LogP contribution < -0.4 is 0 Å². The van der Waals surface area contributed by atoms with Gasteiger partial charge in [-0.2, -0.15) is 17.0 Å². The molecule has 0 aliphatic carbocycles. The van der Waals surface area contributed by atoms with Crippen LogP contribution in [-0.2, 0) is 16.8 Å². The highest BCUT2D eigenvalue weighted by Crippen LogP contribution is 2.33. The van der Waals surface area contributed by atoms with Crippen molar-refractivity contribution in [3.63, 3.8) is 0 Å². The van der Waals surface area contributed by atoms with Crippen LogP contribution in [0, 0.1) is 19.8 Å². The molecular weight excluding hydrogens is 340 g/mol. The van der Waals surface area contributed by atoms with Gasteiger partial charge >= 0.3 is 0 Å². The minimum Gasteiger partial charge on any atom is -0.361 e. The molecule has 7 nitrogen and oxygen atoms in total. The van der Waals surface area contributed by atoms with E-state index in [2.05, 4.69) is 10.1 Å². The summed E-state index contributed by atoms with van der Waals surface area (Å²) in [6.07, 6.45) is 4.06. The smallest absolute Gasteiger partial charge is 0.282 e. The van der Waals surface area contributed by atoms with Crippen molar-refractivity contribution in [1.82, 2.24) is 18.7 Å². The molecule has 4 saturated heterocycles. The van der Waals surface area contributed by atoms with Crippen LogP contribution in [0.1, 0.15) is 42.7 Å². The molecule has 0 aromatic carbocycles. The second-order valence-electron chi connectivity index (χ2n) is 7.78. The van der Waals surface area contributed by atoms with E-state index in [1.807, 2.05) is 13.8 Å². The van der Waals surface area contributed by atoms with E-state index in [1.165, 1.54) is 0 Å². The first-order valence-corrected chi connectivity index (χ1v) is 10.8. The highest BCUT2D eigenvalue weighted by molar-refractivity contribution is 7.86. The van der Waals surface area contributed by atoms with E-state index in [-0.39, 0.29) is 6.04 Å². The largest absolute Gasteiger partial charge is 0.361 e. The summed E-state index contributed by atoms with van der Waals surface area (Å²) >= 11 is 0. The zero-order valence-corrected chi connectivity index (χ0v) is 16.0. The Bertz CT molecular complexity index is 707. The lowest BCUT2D eigenvalue weighted by molar-refractivity contribution is 0.213. The molecular formula is C17H28N4O3S. The molecule has 2 atom stereocenters. The predicted molar refractivity (Wildman–Crippen MR) is 94.2 cm³/mol. The summed E-state index contributed by atoms with van der Waals surface area (Å²) in [5.74, 6) is 1.28. The Labute approximate surface area is 150 Å². The third-order valence-electron chi connectivity index (χ3n) is 5.99. The van der Waals surface area contributed by atoms with Gasteiger partial charge in [0.1, 0.15) is 5.76 Å². The van der Waals surface area contributed by atoms with E-state index in [1.54, 1.807) is 8.61 Å². The summed E-state index contributed by atoms with van der Waals surface area (Å²) in [4.78, 5) is 2.40. The molecule has 140 valence electrons. The van der Waals surface area contributed by atoms with Crippen LogP contribution in [0.25, 0.3) is 0 Å². The van der Waals surface area contributed by atoms with Gasteiger partial charge in [0, 0.05) is 50.9 Å². The molecule has 0 saturated carbocycles. The van der Waals surface area contributed by atoms with E-state index in [9.17, 15) is 8.42 Å². The van der Waals surface area contributed by atoms with Gasteiger partial charge in [-0.1, -0.05) is 5.16 Å². The average Bonchev–Trinajstić information content (AvgIpc) is 3.13. The number of rotatable bonds is 4. The van der Waals surface area contributed by atoms with Crippen molar-refractivity contribution < 1.29 is 12.9 Å². The molecule has 5 rings (SSSR count). The number of fused-ring (bicyclic) bond motifs is 4. The second-order valence-corrected chi connectivity index (χ2v) is 9.66. The highest BCUT2D eigenvalue weighted by Gasteiger charge is 2.43. The summed E-state index contributed by atoms with van der Waals surface area (Å²) in [5, 5.41) is 4.05. The second kappa shape index (κ2) is 6.64. The summed E-state index contributed by atoms with van der Waals surface area (Å²) < 4.78 is 34.9. The Balaban J connectivity index is 1.52. The van der Waals surface area contributed by atoms with E-state index in [0.29, 0.717) is 25.6 Å². The van der Waals surface area contributed by atoms with Gasteiger partial charge < -0.3 is 4.52 Å². The van der Waals surface area contributed by atoms with Crippen molar-refractivity contribution >= 4 is 10.2 Å². The molecule has 0 amide bonds. The number of piperidine rings is 1. The van der Waals surface area contributed by atoms with Crippen molar-refractivity contribution in [1.29, 1.82) is 0 Å².